The quantitative estimate of drug-likeness (QED) is 0.753. The monoisotopic (exact) mass is 401 g/mol. The molecular weight excluding hydrogens is 378 g/mol. The number of rotatable bonds is 6. The molecule has 3 rings (SSSR count). The first-order chi connectivity index (χ1) is 12.2. The Kier molecular flexibility index (Phi) is 6.48. The lowest BCUT2D eigenvalue weighted by Gasteiger charge is -2.36. The van der Waals surface area contributed by atoms with E-state index in [9.17, 15) is 4.79 Å². The molecule has 25 heavy (non-hydrogen) atoms. The molecular formula is C20H24BrN3O. The number of para-hydroxylation sites is 1. The van der Waals surface area contributed by atoms with Crippen molar-refractivity contribution in [1.82, 2.24) is 10.2 Å². The molecule has 0 spiro atoms. The lowest BCUT2D eigenvalue weighted by Crippen LogP contribution is -2.47. The van der Waals surface area contributed by atoms with E-state index in [4.69, 9.17) is 0 Å². The van der Waals surface area contributed by atoms with E-state index in [1.165, 1.54) is 5.69 Å². The molecule has 5 heteroatoms. The van der Waals surface area contributed by atoms with Gasteiger partial charge in [-0.1, -0.05) is 30.3 Å². The van der Waals surface area contributed by atoms with E-state index >= 15 is 0 Å². The van der Waals surface area contributed by atoms with Crippen molar-refractivity contribution in [3.63, 3.8) is 0 Å². The van der Waals surface area contributed by atoms with Crippen molar-refractivity contribution in [2.75, 3.05) is 44.2 Å². The fourth-order valence-corrected chi connectivity index (χ4v) is 3.58. The number of halogens is 1. The number of nitrogens with one attached hydrogen (secondary N) is 1. The first kappa shape index (κ1) is 18.0. The largest absolute Gasteiger partial charge is 0.369 e. The first-order valence-electron chi connectivity index (χ1n) is 8.79. The molecule has 2 aromatic rings. The summed E-state index contributed by atoms with van der Waals surface area (Å²) >= 11 is 3.42. The number of amides is 1. The molecule has 0 aliphatic carbocycles. The molecule has 1 saturated heterocycles. The summed E-state index contributed by atoms with van der Waals surface area (Å²) in [5.41, 5.74) is 2.00. The van der Waals surface area contributed by atoms with Crippen molar-refractivity contribution in [3.05, 3.63) is 64.6 Å². The molecule has 1 fully saturated rings. The Bertz CT molecular complexity index is 684. The summed E-state index contributed by atoms with van der Waals surface area (Å²) in [5.74, 6) is -0.0126. The van der Waals surface area contributed by atoms with Gasteiger partial charge in [-0.25, -0.2) is 0 Å². The van der Waals surface area contributed by atoms with Crippen LogP contribution in [0.4, 0.5) is 5.69 Å². The Hall–Kier alpha value is -1.85. The third-order valence-corrected chi connectivity index (χ3v) is 5.24. The van der Waals surface area contributed by atoms with Crippen molar-refractivity contribution < 1.29 is 4.79 Å². The second-order valence-electron chi connectivity index (χ2n) is 6.25. The molecule has 0 atom stereocenters. The average molecular weight is 402 g/mol. The molecule has 1 aliphatic rings. The summed E-state index contributed by atoms with van der Waals surface area (Å²) in [5, 5.41) is 3.01. The van der Waals surface area contributed by atoms with Gasteiger partial charge in [-0.15, -0.1) is 0 Å². The molecule has 4 nitrogen and oxygen atoms in total. The van der Waals surface area contributed by atoms with Crippen LogP contribution in [0.25, 0.3) is 0 Å². The number of nitrogens with zero attached hydrogens (tertiary/aromatic N) is 2. The number of piperazine rings is 1. The third kappa shape index (κ3) is 5.06. The fraction of sp³-hybridized carbons (Fsp3) is 0.350. The lowest BCUT2D eigenvalue weighted by atomic mass is 10.2. The van der Waals surface area contributed by atoms with Crippen molar-refractivity contribution >= 4 is 27.5 Å². The molecule has 1 aliphatic heterocycles. The molecule has 0 unspecified atom stereocenters. The number of benzene rings is 2. The van der Waals surface area contributed by atoms with E-state index in [1.807, 2.05) is 24.3 Å². The standard InChI is InChI=1S/C20H24BrN3O/c21-19-10-5-4-9-18(19)20(25)22-11-6-12-23-13-15-24(16-14-23)17-7-2-1-3-8-17/h1-5,7-10H,6,11-16H2,(H,22,25). The van der Waals surface area contributed by atoms with Crippen LogP contribution in [0.5, 0.6) is 0 Å². The SMILES string of the molecule is O=C(NCCCN1CCN(c2ccccc2)CC1)c1ccccc1Br. The van der Waals surface area contributed by atoms with E-state index < -0.39 is 0 Å². The van der Waals surface area contributed by atoms with Gasteiger partial charge in [0.25, 0.3) is 5.91 Å². The zero-order chi connectivity index (χ0) is 17.5. The van der Waals surface area contributed by atoms with E-state index in [1.54, 1.807) is 0 Å². The first-order valence-corrected chi connectivity index (χ1v) is 9.58. The molecule has 1 amide bonds. The van der Waals surface area contributed by atoms with Crippen LogP contribution in [-0.4, -0.2) is 50.1 Å². The van der Waals surface area contributed by atoms with Crippen molar-refractivity contribution in [2.24, 2.45) is 0 Å². The maximum atomic E-state index is 12.2. The van der Waals surface area contributed by atoms with Gasteiger partial charge in [0.15, 0.2) is 0 Å². The van der Waals surface area contributed by atoms with Crippen LogP contribution in [-0.2, 0) is 0 Å². The topological polar surface area (TPSA) is 35.6 Å². The van der Waals surface area contributed by atoms with Gasteiger partial charge in [0.05, 0.1) is 5.56 Å². The highest BCUT2D eigenvalue weighted by Gasteiger charge is 2.16. The van der Waals surface area contributed by atoms with Crippen LogP contribution < -0.4 is 10.2 Å². The van der Waals surface area contributed by atoms with Crippen LogP contribution in [0.1, 0.15) is 16.8 Å². The maximum Gasteiger partial charge on any atom is 0.252 e. The predicted molar refractivity (Wildman–Crippen MR) is 106 cm³/mol. The summed E-state index contributed by atoms with van der Waals surface area (Å²) in [7, 11) is 0. The van der Waals surface area contributed by atoms with E-state index in [-0.39, 0.29) is 5.91 Å². The Balaban J connectivity index is 1.35. The minimum atomic E-state index is -0.0126. The van der Waals surface area contributed by atoms with E-state index in [0.29, 0.717) is 12.1 Å². The van der Waals surface area contributed by atoms with Gasteiger partial charge in [-0.3, -0.25) is 9.69 Å². The molecule has 1 heterocycles. The summed E-state index contributed by atoms with van der Waals surface area (Å²) in [6.45, 7) is 6.01. The van der Waals surface area contributed by atoms with Gasteiger partial charge in [0, 0.05) is 42.9 Å². The smallest absolute Gasteiger partial charge is 0.252 e. The van der Waals surface area contributed by atoms with Gasteiger partial charge < -0.3 is 10.2 Å². The molecule has 0 bridgehead atoms. The van der Waals surface area contributed by atoms with Crippen molar-refractivity contribution in [2.45, 2.75) is 6.42 Å². The highest BCUT2D eigenvalue weighted by Crippen LogP contribution is 2.16. The van der Waals surface area contributed by atoms with Crippen LogP contribution in [0, 0.1) is 0 Å². The predicted octanol–water partition coefficient (Wildman–Crippen LogP) is 3.39. The van der Waals surface area contributed by atoms with Gasteiger partial charge >= 0.3 is 0 Å². The maximum absolute atomic E-state index is 12.2. The Morgan fingerprint density at radius 1 is 0.960 bits per heavy atom. The number of hydrogen-bond acceptors (Lipinski definition) is 3. The molecule has 1 N–H and O–H groups in total. The Morgan fingerprint density at radius 2 is 1.64 bits per heavy atom. The summed E-state index contributed by atoms with van der Waals surface area (Å²) in [6, 6.07) is 18.1. The highest BCUT2D eigenvalue weighted by atomic mass is 79.9. The van der Waals surface area contributed by atoms with Crippen molar-refractivity contribution in [3.8, 4) is 0 Å². The summed E-state index contributed by atoms with van der Waals surface area (Å²) in [4.78, 5) is 17.1. The number of carbonyl (C=O) groups excluding carboxylic acids is 1. The lowest BCUT2D eigenvalue weighted by molar-refractivity contribution is 0.0950. The zero-order valence-corrected chi connectivity index (χ0v) is 15.9. The Morgan fingerprint density at radius 3 is 2.36 bits per heavy atom. The summed E-state index contributed by atoms with van der Waals surface area (Å²) < 4.78 is 0.838. The Labute approximate surface area is 158 Å². The minimum absolute atomic E-state index is 0.0126. The molecule has 132 valence electrons. The van der Waals surface area contributed by atoms with Gasteiger partial charge in [0.1, 0.15) is 0 Å². The third-order valence-electron chi connectivity index (χ3n) is 4.55. The van der Waals surface area contributed by atoms with Crippen LogP contribution in [0.15, 0.2) is 59.1 Å². The van der Waals surface area contributed by atoms with Crippen LogP contribution >= 0.6 is 15.9 Å². The minimum Gasteiger partial charge on any atom is -0.369 e. The second kappa shape index (κ2) is 9.02. The van der Waals surface area contributed by atoms with Gasteiger partial charge in [0.2, 0.25) is 0 Å². The van der Waals surface area contributed by atoms with E-state index in [2.05, 4.69) is 61.4 Å². The van der Waals surface area contributed by atoms with Crippen LogP contribution in [0.2, 0.25) is 0 Å². The number of hydrogen-bond donors (Lipinski definition) is 1. The van der Waals surface area contributed by atoms with Crippen LogP contribution in [0.3, 0.4) is 0 Å². The zero-order valence-electron chi connectivity index (χ0n) is 14.3. The van der Waals surface area contributed by atoms with Gasteiger partial charge in [-0.05, 0) is 53.2 Å². The average Bonchev–Trinajstić information content (AvgIpc) is 2.66. The normalized spacial score (nSPS) is 15.2. The van der Waals surface area contributed by atoms with E-state index in [0.717, 1.165) is 43.6 Å². The number of anilines is 1. The highest BCUT2D eigenvalue weighted by molar-refractivity contribution is 9.10. The molecule has 0 aromatic heterocycles. The number of carbonyl (C=O) groups is 1. The second-order valence-corrected chi connectivity index (χ2v) is 7.11. The fourth-order valence-electron chi connectivity index (χ4n) is 3.11. The van der Waals surface area contributed by atoms with Crippen molar-refractivity contribution in [1.29, 1.82) is 0 Å². The molecule has 0 radical (unpaired) electrons. The van der Waals surface area contributed by atoms with Gasteiger partial charge in [-0.2, -0.15) is 0 Å². The molecule has 2 aromatic carbocycles. The summed E-state index contributed by atoms with van der Waals surface area (Å²) in [6.07, 6.45) is 0.974. The molecule has 0 saturated carbocycles.